The van der Waals surface area contributed by atoms with Crippen molar-refractivity contribution in [2.24, 2.45) is 0 Å². The first-order valence-corrected chi connectivity index (χ1v) is 6.08. The Bertz CT molecular complexity index is 695. The van der Waals surface area contributed by atoms with E-state index in [4.69, 9.17) is 21.6 Å². The summed E-state index contributed by atoms with van der Waals surface area (Å²) in [4.78, 5) is 10.9. The van der Waals surface area contributed by atoms with Gasteiger partial charge in [-0.25, -0.2) is 4.39 Å². The second-order valence-corrected chi connectivity index (χ2v) is 4.43. The van der Waals surface area contributed by atoms with E-state index in [0.717, 1.165) is 6.07 Å². The van der Waals surface area contributed by atoms with Crippen LogP contribution in [0.2, 0.25) is 5.02 Å². The van der Waals surface area contributed by atoms with Gasteiger partial charge in [0.05, 0.1) is 22.2 Å². The van der Waals surface area contributed by atoms with Crippen LogP contribution in [0.1, 0.15) is 21.5 Å². The molecule has 20 heavy (non-hydrogen) atoms. The van der Waals surface area contributed by atoms with Gasteiger partial charge in [0.25, 0.3) is 0 Å². The highest BCUT2D eigenvalue weighted by Gasteiger charge is 2.08. The minimum absolute atomic E-state index is 0.0353. The van der Waals surface area contributed by atoms with Crippen molar-refractivity contribution < 1.29 is 13.9 Å². The Morgan fingerprint density at radius 3 is 2.85 bits per heavy atom. The summed E-state index contributed by atoms with van der Waals surface area (Å²) in [5.41, 5.74) is 0.953. The van der Waals surface area contributed by atoms with Gasteiger partial charge >= 0.3 is 0 Å². The summed E-state index contributed by atoms with van der Waals surface area (Å²) in [5.74, 6) is -0.195. The fourth-order valence-corrected chi connectivity index (χ4v) is 1.93. The highest BCUT2D eigenvalue weighted by molar-refractivity contribution is 6.33. The number of carbonyl (C=O) groups is 1. The molecule has 0 unspecified atom stereocenters. The Balaban J connectivity index is 2.21. The van der Waals surface area contributed by atoms with Crippen molar-refractivity contribution in [3.8, 4) is 11.8 Å². The van der Waals surface area contributed by atoms with Crippen molar-refractivity contribution in [1.29, 1.82) is 5.26 Å². The highest BCUT2D eigenvalue weighted by Crippen LogP contribution is 2.25. The molecule has 0 aliphatic rings. The Morgan fingerprint density at radius 1 is 1.35 bits per heavy atom. The van der Waals surface area contributed by atoms with Crippen molar-refractivity contribution in [3.63, 3.8) is 0 Å². The van der Waals surface area contributed by atoms with Crippen molar-refractivity contribution in [2.45, 2.75) is 6.61 Å². The van der Waals surface area contributed by atoms with Crippen LogP contribution in [0.15, 0.2) is 36.4 Å². The number of benzene rings is 2. The zero-order valence-electron chi connectivity index (χ0n) is 10.3. The number of halogens is 2. The van der Waals surface area contributed by atoms with E-state index in [0.29, 0.717) is 17.6 Å². The van der Waals surface area contributed by atoms with Crippen molar-refractivity contribution in [1.82, 2.24) is 0 Å². The monoisotopic (exact) mass is 289 g/mol. The maximum atomic E-state index is 13.3. The lowest BCUT2D eigenvalue weighted by molar-refractivity contribution is 0.111. The van der Waals surface area contributed by atoms with Crippen LogP contribution < -0.4 is 4.74 Å². The Morgan fingerprint density at radius 2 is 2.15 bits per heavy atom. The molecular weight excluding hydrogens is 281 g/mol. The first-order chi connectivity index (χ1) is 9.63. The molecule has 0 heterocycles. The van der Waals surface area contributed by atoms with E-state index < -0.39 is 5.82 Å². The van der Waals surface area contributed by atoms with Crippen LogP contribution in [0.25, 0.3) is 0 Å². The van der Waals surface area contributed by atoms with E-state index >= 15 is 0 Å². The van der Waals surface area contributed by atoms with Crippen molar-refractivity contribution in [3.05, 3.63) is 63.9 Å². The summed E-state index contributed by atoms with van der Waals surface area (Å²) >= 11 is 5.87. The van der Waals surface area contributed by atoms with Gasteiger partial charge in [-0.2, -0.15) is 5.26 Å². The number of nitriles is 1. The van der Waals surface area contributed by atoms with E-state index in [9.17, 15) is 9.18 Å². The molecule has 0 aromatic heterocycles. The van der Waals surface area contributed by atoms with Gasteiger partial charge < -0.3 is 4.74 Å². The van der Waals surface area contributed by atoms with Gasteiger partial charge in [0.2, 0.25) is 0 Å². The van der Waals surface area contributed by atoms with E-state index in [1.165, 1.54) is 12.1 Å². The molecule has 0 saturated carbocycles. The third kappa shape index (κ3) is 3.14. The summed E-state index contributed by atoms with van der Waals surface area (Å²) in [6.07, 6.45) is 0.601. The standard InChI is InChI=1S/C15H9ClFNO2/c16-14-2-1-3-15(13(14)8-19)20-9-11-4-10(7-18)5-12(17)6-11/h1-6,8H,9H2. The Kier molecular flexibility index (Phi) is 4.34. The zero-order valence-corrected chi connectivity index (χ0v) is 11.0. The van der Waals surface area contributed by atoms with Crippen LogP contribution in [0.3, 0.4) is 0 Å². The third-order valence-electron chi connectivity index (χ3n) is 2.61. The van der Waals surface area contributed by atoms with Crippen LogP contribution in [0, 0.1) is 17.1 Å². The van der Waals surface area contributed by atoms with Crippen molar-refractivity contribution in [2.75, 3.05) is 0 Å². The van der Waals surface area contributed by atoms with Gasteiger partial charge in [-0.05, 0) is 35.9 Å². The van der Waals surface area contributed by atoms with Gasteiger partial charge in [0, 0.05) is 0 Å². The maximum Gasteiger partial charge on any atom is 0.155 e. The Labute approximate surface area is 120 Å². The van der Waals surface area contributed by atoms with Crippen LogP contribution >= 0.6 is 11.6 Å². The first-order valence-electron chi connectivity index (χ1n) is 5.70. The largest absolute Gasteiger partial charge is 0.488 e. The molecule has 2 aromatic carbocycles. The Hall–Kier alpha value is -2.38. The number of hydrogen-bond donors (Lipinski definition) is 0. The molecule has 0 aliphatic carbocycles. The third-order valence-corrected chi connectivity index (χ3v) is 2.94. The fraction of sp³-hybridized carbons (Fsp3) is 0.0667. The fourth-order valence-electron chi connectivity index (χ4n) is 1.72. The molecule has 3 nitrogen and oxygen atoms in total. The quantitative estimate of drug-likeness (QED) is 0.806. The molecule has 5 heteroatoms. The molecular formula is C15H9ClFNO2. The van der Waals surface area contributed by atoms with Gasteiger partial charge in [0.15, 0.2) is 6.29 Å². The molecule has 0 atom stereocenters. The van der Waals surface area contributed by atoms with Crippen molar-refractivity contribution >= 4 is 17.9 Å². The number of carbonyl (C=O) groups excluding carboxylic acids is 1. The summed E-state index contributed by atoms with van der Waals surface area (Å²) in [6, 6.07) is 10.6. The van der Waals surface area contributed by atoms with E-state index in [1.807, 2.05) is 6.07 Å². The molecule has 0 saturated heterocycles. The predicted molar refractivity (Wildman–Crippen MR) is 72.3 cm³/mol. The smallest absolute Gasteiger partial charge is 0.155 e. The van der Waals surface area contributed by atoms with Crippen LogP contribution in [-0.2, 0) is 6.61 Å². The molecule has 2 rings (SSSR count). The summed E-state index contributed by atoms with van der Waals surface area (Å²) in [5, 5.41) is 9.06. The number of hydrogen-bond acceptors (Lipinski definition) is 3. The van der Waals surface area contributed by atoms with E-state index in [1.54, 1.807) is 18.2 Å². The molecule has 0 amide bonds. The van der Waals surface area contributed by atoms with E-state index in [-0.39, 0.29) is 22.8 Å². The number of aldehydes is 1. The highest BCUT2D eigenvalue weighted by atomic mass is 35.5. The molecule has 2 aromatic rings. The number of rotatable bonds is 4. The van der Waals surface area contributed by atoms with Gasteiger partial charge in [0.1, 0.15) is 18.2 Å². The second kappa shape index (κ2) is 6.18. The molecule has 0 radical (unpaired) electrons. The van der Waals surface area contributed by atoms with Crippen LogP contribution in [0.5, 0.6) is 5.75 Å². The average Bonchev–Trinajstić information content (AvgIpc) is 2.44. The lowest BCUT2D eigenvalue weighted by Crippen LogP contribution is -2.00. The lowest BCUT2D eigenvalue weighted by atomic mass is 10.1. The molecule has 100 valence electrons. The normalized spacial score (nSPS) is 9.85. The van der Waals surface area contributed by atoms with Gasteiger partial charge in [-0.1, -0.05) is 17.7 Å². The van der Waals surface area contributed by atoms with Gasteiger partial charge in [-0.15, -0.1) is 0 Å². The summed E-state index contributed by atoms with van der Waals surface area (Å²) in [6.45, 7) is 0.0353. The SMILES string of the molecule is N#Cc1cc(F)cc(COc2cccc(Cl)c2C=O)c1. The van der Waals surface area contributed by atoms with Crippen LogP contribution in [-0.4, -0.2) is 6.29 Å². The minimum atomic E-state index is -0.510. The minimum Gasteiger partial charge on any atom is -0.488 e. The van der Waals surface area contributed by atoms with E-state index in [2.05, 4.69) is 0 Å². The predicted octanol–water partition coefficient (Wildman–Crippen LogP) is 3.74. The molecule has 0 fully saturated rings. The first kappa shape index (κ1) is 14.0. The molecule has 0 N–H and O–H groups in total. The number of nitrogens with zero attached hydrogens (tertiary/aromatic N) is 1. The molecule has 0 spiro atoms. The summed E-state index contributed by atoms with van der Waals surface area (Å²) < 4.78 is 18.7. The number of ether oxygens (including phenoxy) is 1. The molecule has 0 bridgehead atoms. The average molecular weight is 290 g/mol. The topological polar surface area (TPSA) is 50.1 Å². The summed E-state index contributed by atoms with van der Waals surface area (Å²) in [7, 11) is 0. The lowest BCUT2D eigenvalue weighted by Gasteiger charge is -2.09. The maximum absolute atomic E-state index is 13.3. The van der Waals surface area contributed by atoms with Crippen LogP contribution in [0.4, 0.5) is 4.39 Å². The van der Waals surface area contributed by atoms with Gasteiger partial charge in [-0.3, -0.25) is 4.79 Å². The molecule has 0 aliphatic heterocycles. The second-order valence-electron chi connectivity index (χ2n) is 4.02. The zero-order chi connectivity index (χ0) is 14.5.